The summed E-state index contributed by atoms with van der Waals surface area (Å²) in [5.74, 6) is 0.251. The van der Waals surface area contributed by atoms with Crippen molar-refractivity contribution in [2.24, 2.45) is 0 Å². The Bertz CT molecular complexity index is 1020. The molecule has 0 saturated carbocycles. The lowest BCUT2D eigenvalue weighted by atomic mass is 10.0. The van der Waals surface area contributed by atoms with Gasteiger partial charge in [0.1, 0.15) is 5.75 Å². The summed E-state index contributed by atoms with van der Waals surface area (Å²) in [6.45, 7) is 3.05. The van der Waals surface area contributed by atoms with E-state index in [1.165, 1.54) is 30.5 Å². The molecule has 1 saturated heterocycles. The molecule has 2 aromatic rings. The SMILES string of the molecule is COc1ccc(S(=O)(=O)N2CCN(CC(=O)N[C@H](Cc3ccccc3)C(C)=O)CC2)cc1. The molecule has 1 amide bonds. The Kier molecular flexibility index (Phi) is 8.00. The molecule has 1 fully saturated rings. The number of carbonyl (C=O) groups is 2. The second kappa shape index (κ2) is 10.7. The molecule has 0 spiro atoms. The number of carbonyl (C=O) groups excluding carboxylic acids is 2. The molecular formula is C23H29N3O5S. The van der Waals surface area contributed by atoms with E-state index in [1.54, 1.807) is 12.1 Å². The van der Waals surface area contributed by atoms with Crippen LogP contribution in [0.4, 0.5) is 0 Å². The Labute approximate surface area is 189 Å². The summed E-state index contributed by atoms with van der Waals surface area (Å²) in [5, 5.41) is 2.82. The standard InChI is InChI=1S/C23H29N3O5S/c1-18(27)22(16-19-6-4-3-5-7-19)24-23(28)17-25-12-14-26(15-13-25)32(29,30)21-10-8-20(31-2)9-11-21/h3-11,22H,12-17H2,1-2H3,(H,24,28)/t22-/m1/s1. The van der Waals surface area contributed by atoms with E-state index >= 15 is 0 Å². The molecule has 1 aliphatic rings. The predicted octanol–water partition coefficient (Wildman–Crippen LogP) is 1.32. The lowest BCUT2D eigenvalue weighted by molar-refractivity contribution is -0.127. The normalized spacial score (nSPS) is 16.3. The van der Waals surface area contributed by atoms with Gasteiger partial charge in [-0.2, -0.15) is 4.31 Å². The summed E-state index contributed by atoms with van der Waals surface area (Å²) < 4.78 is 32.2. The molecule has 1 atom stereocenters. The maximum Gasteiger partial charge on any atom is 0.243 e. The summed E-state index contributed by atoms with van der Waals surface area (Å²) in [7, 11) is -2.07. The number of amides is 1. The summed E-state index contributed by atoms with van der Waals surface area (Å²) in [4.78, 5) is 26.6. The highest BCUT2D eigenvalue weighted by atomic mass is 32.2. The predicted molar refractivity (Wildman–Crippen MR) is 121 cm³/mol. The number of hydrogen-bond acceptors (Lipinski definition) is 6. The zero-order valence-electron chi connectivity index (χ0n) is 18.4. The summed E-state index contributed by atoms with van der Waals surface area (Å²) in [6, 6.07) is 15.3. The zero-order valence-corrected chi connectivity index (χ0v) is 19.2. The van der Waals surface area contributed by atoms with Crippen LogP contribution in [0.3, 0.4) is 0 Å². The van der Waals surface area contributed by atoms with E-state index in [4.69, 9.17) is 4.74 Å². The van der Waals surface area contributed by atoms with Crippen LogP contribution in [0.25, 0.3) is 0 Å². The van der Waals surface area contributed by atoms with Gasteiger partial charge in [-0.15, -0.1) is 0 Å². The maximum absolute atomic E-state index is 12.9. The molecule has 1 aliphatic heterocycles. The van der Waals surface area contributed by atoms with Crippen molar-refractivity contribution in [3.05, 3.63) is 60.2 Å². The number of ether oxygens (including phenoxy) is 1. The quantitative estimate of drug-likeness (QED) is 0.608. The number of sulfonamides is 1. The Morgan fingerprint density at radius 3 is 2.19 bits per heavy atom. The number of nitrogens with zero attached hydrogens (tertiary/aromatic N) is 2. The highest BCUT2D eigenvalue weighted by Crippen LogP contribution is 2.20. The number of Topliss-reactive ketones (excluding diaryl/α,β-unsaturated/α-hetero) is 1. The van der Waals surface area contributed by atoms with E-state index in [0.29, 0.717) is 38.3 Å². The van der Waals surface area contributed by atoms with Gasteiger partial charge < -0.3 is 10.1 Å². The summed E-state index contributed by atoms with van der Waals surface area (Å²) in [6.07, 6.45) is 0.440. The van der Waals surface area contributed by atoms with Crippen LogP contribution in [0.5, 0.6) is 5.75 Å². The largest absolute Gasteiger partial charge is 0.497 e. The van der Waals surface area contributed by atoms with E-state index in [1.807, 2.05) is 35.2 Å². The molecule has 0 aliphatic carbocycles. The molecule has 3 rings (SSSR count). The van der Waals surface area contributed by atoms with Crippen molar-refractivity contribution >= 4 is 21.7 Å². The van der Waals surface area contributed by atoms with Crippen LogP contribution in [0, 0.1) is 0 Å². The maximum atomic E-state index is 12.9. The number of methoxy groups -OCH3 is 1. The fraction of sp³-hybridized carbons (Fsp3) is 0.391. The second-order valence-corrected chi connectivity index (χ2v) is 9.71. The first kappa shape index (κ1) is 23.9. The van der Waals surface area contributed by atoms with Gasteiger partial charge in [0.25, 0.3) is 0 Å². The minimum Gasteiger partial charge on any atom is -0.497 e. The molecule has 0 aromatic heterocycles. The van der Waals surface area contributed by atoms with Crippen LogP contribution in [-0.4, -0.2) is 75.2 Å². The van der Waals surface area contributed by atoms with Crippen molar-refractivity contribution in [1.29, 1.82) is 0 Å². The molecule has 1 heterocycles. The topological polar surface area (TPSA) is 96.0 Å². The van der Waals surface area contributed by atoms with Crippen molar-refractivity contribution in [1.82, 2.24) is 14.5 Å². The molecule has 0 radical (unpaired) electrons. The number of hydrogen-bond donors (Lipinski definition) is 1. The van der Waals surface area contributed by atoms with Gasteiger partial charge in [0.15, 0.2) is 5.78 Å². The fourth-order valence-electron chi connectivity index (χ4n) is 3.61. The molecule has 32 heavy (non-hydrogen) atoms. The molecule has 8 nitrogen and oxygen atoms in total. The van der Waals surface area contributed by atoms with Gasteiger partial charge in [-0.25, -0.2) is 8.42 Å². The van der Waals surface area contributed by atoms with E-state index < -0.39 is 16.1 Å². The number of rotatable bonds is 9. The number of piperazine rings is 1. The van der Waals surface area contributed by atoms with Gasteiger partial charge in [0, 0.05) is 26.2 Å². The first-order valence-electron chi connectivity index (χ1n) is 10.5. The Balaban J connectivity index is 1.52. The van der Waals surface area contributed by atoms with Crippen LogP contribution in [-0.2, 0) is 26.0 Å². The highest BCUT2D eigenvalue weighted by Gasteiger charge is 2.29. The van der Waals surface area contributed by atoms with Crippen molar-refractivity contribution in [2.45, 2.75) is 24.3 Å². The van der Waals surface area contributed by atoms with Crippen molar-refractivity contribution in [3.8, 4) is 5.75 Å². The second-order valence-electron chi connectivity index (χ2n) is 7.78. The first-order chi connectivity index (χ1) is 15.3. The Morgan fingerprint density at radius 2 is 1.62 bits per heavy atom. The third-order valence-electron chi connectivity index (χ3n) is 5.50. The summed E-state index contributed by atoms with van der Waals surface area (Å²) in [5.41, 5.74) is 0.977. The van der Waals surface area contributed by atoms with E-state index in [0.717, 1.165) is 5.56 Å². The monoisotopic (exact) mass is 459 g/mol. The third kappa shape index (κ3) is 6.15. The minimum absolute atomic E-state index is 0.0994. The van der Waals surface area contributed by atoms with Crippen molar-refractivity contribution in [2.75, 3.05) is 39.8 Å². The molecule has 2 aromatic carbocycles. The average Bonchev–Trinajstić information content (AvgIpc) is 2.79. The third-order valence-corrected chi connectivity index (χ3v) is 7.42. The van der Waals surface area contributed by atoms with E-state index in [2.05, 4.69) is 5.32 Å². The van der Waals surface area contributed by atoms with Crippen LogP contribution in [0.15, 0.2) is 59.5 Å². The average molecular weight is 460 g/mol. The molecule has 9 heteroatoms. The van der Waals surface area contributed by atoms with Gasteiger partial charge >= 0.3 is 0 Å². The van der Waals surface area contributed by atoms with Crippen molar-refractivity contribution < 1.29 is 22.7 Å². The van der Waals surface area contributed by atoms with Gasteiger partial charge in [-0.3, -0.25) is 14.5 Å². The van der Waals surface area contributed by atoms with Gasteiger partial charge in [-0.05, 0) is 43.2 Å². The zero-order chi connectivity index (χ0) is 23.1. The lowest BCUT2D eigenvalue weighted by Crippen LogP contribution is -2.52. The minimum atomic E-state index is -3.60. The summed E-state index contributed by atoms with van der Waals surface area (Å²) >= 11 is 0. The molecule has 0 unspecified atom stereocenters. The number of benzene rings is 2. The highest BCUT2D eigenvalue weighted by molar-refractivity contribution is 7.89. The van der Waals surface area contributed by atoms with Gasteiger partial charge in [0.2, 0.25) is 15.9 Å². The van der Waals surface area contributed by atoms with E-state index in [-0.39, 0.29) is 23.1 Å². The Hall–Kier alpha value is -2.75. The van der Waals surface area contributed by atoms with Crippen molar-refractivity contribution in [3.63, 3.8) is 0 Å². The Morgan fingerprint density at radius 1 is 1.00 bits per heavy atom. The molecule has 0 bridgehead atoms. The van der Waals surface area contributed by atoms with Crippen LogP contribution < -0.4 is 10.1 Å². The number of ketones is 1. The molecular weight excluding hydrogens is 430 g/mol. The van der Waals surface area contributed by atoms with Gasteiger partial charge in [0.05, 0.1) is 24.6 Å². The van der Waals surface area contributed by atoms with E-state index in [9.17, 15) is 18.0 Å². The first-order valence-corrected chi connectivity index (χ1v) is 11.9. The fourth-order valence-corrected chi connectivity index (χ4v) is 5.04. The number of nitrogens with one attached hydrogen (secondary N) is 1. The molecule has 172 valence electrons. The lowest BCUT2D eigenvalue weighted by Gasteiger charge is -2.33. The van der Waals surface area contributed by atoms with Gasteiger partial charge in [-0.1, -0.05) is 30.3 Å². The molecule has 1 N–H and O–H groups in total. The smallest absolute Gasteiger partial charge is 0.243 e. The van der Waals surface area contributed by atoms with Crippen LogP contribution in [0.1, 0.15) is 12.5 Å². The van der Waals surface area contributed by atoms with Crippen LogP contribution >= 0.6 is 0 Å². The van der Waals surface area contributed by atoms with Crippen LogP contribution in [0.2, 0.25) is 0 Å².